The van der Waals surface area contributed by atoms with Gasteiger partial charge in [0.1, 0.15) is 11.9 Å². The molecule has 1 saturated heterocycles. The molecule has 3 amide bonds. The van der Waals surface area contributed by atoms with Crippen molar-refractivity contribution in [2.45, 2.75) is 65.0 Å². The van der Waals surface area contributed by atoms with E-state index in [1.165, 1.54) is 0 Å². The van der Waals surface area contributed by atoms with Crippen molar-refractivity contribution in [3.63, 3.8) is 0 Å². The zero-order valence-electron chi connectivity index (χ0n) is 27.3. The van der Waals surface area contributed by atoms with Crippen molar-refractivity contribution in [2.75, 3.05) is 27.2 Å². The van der Waals surface area contributed by atoms with Crippen LogP contribution in [0.5, 0.6) is 0 Å². The molecular formula is C33H47N9O3. The molecule has 2 fully saturated rings. The van der Waals surface area contributed by atoms with Gasteiger partial charge in [-0.3, -0.25) is 14.4 Å². The van der Waals surface area contributed by atoms with Crippen LogP contribution in [0.2, 0.25) is 0 Å². The summed E-state index contributed by atoms with van der Waals surface area (Å²) in [4.78, 5) is 39.9. The number of rotatable bonds is 9. The Morgan fingerprint density at radius 2 is 1.53 bits per heavy atom. The first kappa shape index (κ1) is 35.0. The number of hydrazone groups is 1. The predicted octanol–water partition coefficient (Wildman–Crippen LogP) is 2.20. The van der Waals surface area contributed by atoms with Crippen molar-refractivity contribution >= 4 is 23.6 Å². The van der Waals surface area contributed by atoms with Crippen LogP contribution in [0.25, 0.3) is 11.1 Å². The van der Waals surface area contributed by atoms with E-state index in [9.17, 15) is 19.6 Å². The van der Waals surface area contributed by atoms with E-state index in [4.69, 9.17) is 11.6 Å². The maximum absolute atomic E-state index is 13.1. The number of hydrazine groups is 1. The monoisotopic (exact) mass is 617 g/mol. The second-order valence-corrected chi connectivity index (χ2v) is 10.8. The molecule has 2 aromatic rings. The number of hydrogen-bond acceptors (Lipinski definition) is 8. The van der Waals surface area contributed by atoms with Crippen LogP contribution >= 0.6 is 0 Å². The zero-order valence-corrected chi connectivity index (χ0v) is 27.3. The van der Waals surface area contributed by atoms with Crippen LogP contribution in [-0.4, -0.2) is 67.7 Å². The van der Waals surface area contributed by atoms with Gasteiger partial charge in [0, 0.05) is 31.3 Å². The molecule has 45 heavy (non-hydrogen) atoms. The summed E-state index contributed by atoms with van der Waals surface area (Å²) in [6.07, 6.45) is 1.14. The normalized spacial score (nSPS) is 21.3. The van der Waals surface area contributed by atoms with Gasteiger partial charge < -0.3 is 26.6 Å². The van der Waals surface area contributed by atoms with E-state index in [0.29, 0.717) is 35.9 Å². The second kappa shape index (κ2) is 15.0. The highest BCUT2D eigenvalue weighted by Crippen LogP contribution is 2.53. The molecule has 0 aromatic heterocycles. The molecule has 242 valence electrons. The molecule has 1 aliphatic heterocycles. The Labute approximate surface area is 265 Å². The Morgan fingerprint density at radius 3 is 2.00 bits per heavy atom. The number of nitrogens with one attached hydrogen (secondary N) is 4. The number of hydrogen-bond donors (Lipinski definition) is 6. The van der Waals surface area contributed by atoms with Crippen LogP contribution in [0.15, 0.2) is 41.5 Å². The molecule has 1 saturated carbocycles. The fourth-order valence-corrected chi connectivity index (χ4v) is 6.77. The van der Waals surface area contributed by atoms with Crippen molar-refractivity contribution in [2.24, 2.45) is 28.5 Å². The summed E-state index contributed by atoms with van der Waals surface area (Å²) < 4.78 is 0. The van der Waals surface area contributed by atoms with Gasteiger partial charge in [-0.25, -0.2) is 11.4 Å². The summed E-state index contributed by atoms with van der Waals surface area (Å²) in [6, 6.07) is 12.7. The largest absolute Gasteiger partial charge is 0.385 e. The van der Waals surface area contributed by atoms with Crippen LogP contribution in [-0.2, 0) is 10.2 Å². The van der Waals surface area contributed by atoms with Gasteiger partial charge in [0.2, 0.25) is 5.91 Å². The lowest BCUT2D eigenvalue weighted by Gasteiger charge is -2.32. The molecule has 4 unspecified atom stereocenters. The smallest absolute Gasteiger partial charge is 0.251 e. The van der Waals surface area contributed by atoms with Crippen molar-refractivity contribution in [3.8, 4) is 17.2 Å². The standard InChI is InChI=1S/C29H35N9O3.2C2H6/c1-15-19-12-18(13-30)38(25(15)19)24(39)14-35-9-8-29(28(31)36-37-32)22-6-4-16(26(40)33-2)10-20(22)21-11-17(27(41)34-3)5-7-23(21)29;2*1-2/h4-7,10-11,15,18-19,25,35,37H,8-9,12,14,32H2,1-3H3,(H2,31,36)(H,33,40)(H,34,41);2*1-2H3. The Hall–Kier alpha value is -4.47. The highest BCUT2D eigenvalue weighted by atomic mass is 16.2. The predicted molar refractivity (Wildman–Crippen MR) is 176 cm³/mol. The van der Waals surface area contributed by atoms with Crippen molar-refractivity contribution in [3.05, 3.63) is 58.7 Å². The molecule has 3 aliphatic rings. The molecule has 1 heterocycles. The summed E-state index contributed by atoms with van der Waals surface area (Å²) in [6.45, 7) is 10.6. The summed E-state index contributed by atoms with van der Waals surface area (Å²) in [5, 5.41) is 22.3. The molecular weight excluding hydrogens is 570 g/mol. The molecule has 0 spiro atoms. The molecule has 12 nitrogen and oxygen atoms in total. The van der Waals surface area contributed by atoms with Gasteiger partial charge in [-0.1, -0.05) is 46.8 Å². The summed E-state index contributed by atoms with van der Waals surface area (Å²) in [7, 11) is 3.13. The van der Waals surface area contributed by atoms with Crippen molar-refractivity contribution < 1.29 is 14.4 Å². The number of nitrogens with two attached hydrogens (primary N) is 2. The Balaban J connectivity index is 0.00000133. The number of nitrogens with zero attached hydrogens (tertiary/aromatic N) is 3. The second-order valence-electron chi connectivity index (χ2n) is 10.8. The molecule has 8 N–H and O–H groups in total. The molecule has 2 aliphatic carbocycles. The van der Waals surface area contributed by atoms with E-state index in [-0.39, 0.29) is 42.2 Å². The third-order valence-corrected chi connectivity index (χ3v) is 8.90. The number of fused-ring (bicyclic) bond motifs is 4. The van der Waals surface area contributed by atoms with Gasteiger partial charge >= 0.3 is 0 Å². The minimum absolute atomic E-state index is 0.0846. The fraction of sp³-hybridized carbons (Fsp3) is 0.485. The van der Waals surface area contributed by atoms with Gasteiger partial charge in [0.05, 0.1) is 18.0 Å². The van der Waals surface area contributed by atoms with E-state index >= 15 is 0 Å². The minimum atomic E-state index is -0.964. The molecule has 0 radical (unpaired) electrons. The van der Waals surface area contributed by atoms with Crippen molar-refractivity contribution in [1.82, 2.24) is 26.4 Å². The maximum Gasteiger partial charge on any atom is 0.251 e. The van der Waals surface area contributed by atoms with Gasteiger partial charge in [-0.2, -0.15) is 10.4 Å². The molecule has 4 atom stereocenters. The van der Waals surface area contributed by atoms with Crippen molar-refractivity contribution in [1.29, 1.82) is 5.26 Å². The SMILES string of the molecule is CC.CC.CNC(=O)c1ccc2c(c1)-c1cc(C(=O)NC)ccc1C2(CCNCC(=O)N1C(C#N)CC2C(C)C21)/C(N)=N/NN. The first-order valence-corrected chi connectivity index (χ1v) is 15.7. The average molecular weight is 618 g/mol. The van der Waals surface area contributed by atoms with Crippen LogP contribution in [0, 0.1) is 23.2 Å². The summed E-state index contributed by atoms with van der Waals surface area (Å²) in [5.41, 5.74) is 12.0. The minimum Gasteiger partial charge on any atom is -0.385 e. The Bertz CT molecular complexity index is 1420. The number of amides is 3. The van der Waals surface area contributed by atoms with E-state index < -0.39 is 5.41 Å². The Morgan fingerprint density at radius 1 is 1.00 bits per heavy atom. The number of amidine groups is 1. The lowest BCUT2D eigenvalue weighted by atomic mass is 9.74. The summed E-state index contributed by atoms with van der Waals surface area (Å²) >= 11 is 0. The third kappa shape index (κ3) is 6.23. The van der Waals surface area contributed by atoms with E-state index in [0.717, 1.165) is 28.7 Å². The highest BCUT2D eigenvalue weighted by molar-refractivity contribution is 6.06. The average Bonchev–Trinajstić information content (AvgIpc) is 3.40. The van der Waals surface area contributed by atoms with E-state index in [2.05, 4.69) is 39.6 Å². The molecule has 5 rings (SSSR count). The number of piperidine rings is 1. The van der Waals surface area contributed by atoms with E-state index in [1.54, 1.807) is 43.3 Å². The van der Waals surface area contributed by atoms with Crippen LogP contribution in [0.1, 0.15) is 79.3 Å². The first-order chi connectivity index (χ1) is 21.7. The van der Waals surface area contributed by atoms with Gasteiger partial charge in [0.15, 0.2) is 0 Å². The molecule has 2 aromatic carbocycles. The number of carbonyl (C=O) groups excluding carboxylic acids is 3. The van der Waals surface area contributed by atoms with Crippen LogP contribution < -0.4 is 33.1 Å². The number of carbonyl (C=O) groups is 3. The number of likely N-dealkylation sites (tertiary alicyclic amines) is 1. The van der Waals surface area contributed by atoms with Gasteiger partial charge in [-0.15, -0.1) is 0 Å². The quantitative estimate of drug-likeness (QED) is 0.0811. The number of nitriles is 1. The fourth-order valence-electron chi connectivity index (χ4n) is 6.77. The first-order valence-electron chi connectivity index (χ1n) is 15.7. The summed E-state index contributed by atoms with van der Waals surface area (Å²) in [5.74, 6) is 6.02. The topological polar surface area (TPSA) is 191 Å². The zero-order chi connectivity index (χ0) is 33.5. The van der Waals surface area contributed by atoms with Crippen LogP contribution in [0.3, 0.4) is 0 Å². The third-order valence-electron chi connectivity index (χ3n) is 8.90. The lowest BCUT2D eigenvalue weighted by molar-refractivity contribution is -0.131. The lowest BCUT2D eigenvalue weighted by Crippen LogP contribution is -2.47. The number of benzene rings is 2. The Kier molecular flexibility index (Phi) is 11.7. The maximum atomic E-state index is 13.1. The van der Waals surface area contributed by atoms with Crippen LogP contribution in [0.4, 0.5) is 0 Å². The van der Waals surface area contributed by atoms with E-state index in [1.807, 2.05) is 39.8 Å². The molecule has 0 bridgehead atoms. The highest BCUT2D eigenvalue weighted by Gasteiger charge is 2.60. The van der Waals surface area contributed by atoms with Gasteiger partial charge in [-0.05, 0) is 77.7 Å². The molecule has 12 heteroatoms. The van der Waals surface area contributed by atoms with Gasteiger partial charge in [0.25, 0.3) is 11.8 Å².